The minimum absolute atomic E-state index is 0.639. The fourth-order valence-corrected chi connectivity index (χ4v) is 1.29. The maximum Gasteiger partial charge on any atom is 0.142 e. The molecule has 76 valence electrons. The standard InChI is InChI=1S/C10H11Cl2NO/c1-14-10-4-3-8(12)7-9(10)13-6-2-5-11/h2-5,7,13H,6H2,1H3/b5-2+. The second-order valence-corrected chi connectivity index (χ2v) is 3.28. The number of rotatable bonds is 4. The van der Waals surface area contributed by atoms with Gasteiger partial charge in [0.2, 0.25) is 0 Å². The molecule has 14 heavy (non-hydrogen) atoms. The first-order valence-corrected chi connectivity index (χ1v) is 4.92. The zero-order valence-corrected chi connectivity index (χ0v) is 9.27. The van der Waals surface area contributed by atoms with Crippen LogP contribution in [0.4, 0.5) is 5.69 Å². The maximum absolute atomic E-state index is 5.85. The lowest BCUT2D eigenvalue weighted by Gasteiger charge is -2.09. The smallest absolute Gasteiger partial charge is 0.142 e. The predicted octanol–water partition coefficient (Wildman–Crippen LogP) is 3.51. The zero-order chi connectivity index (χ0) is 10.4. The van der Waals surface area contributed by atoms with Crippen molar-refractivity contribution >= 4 is 28.9 Å². The molecule has 1 aromatic rings. The van der Waals surface area contributed by atoms with E-state index in [0.717, 1.165) is 11.4 Å². The lowest BCUT2D eigenvalue weighted by atomic mass is 10.3. The van der Waals surface area contributed by atoms with Crippen molar-refractivity contribution in [3.8, 4) is 5.75 Å². The van der Waals surface area contributed by atoms with E-state index in [-0.39, 0.29) is 0 Å². The second-order valence-electron chi connectivity index (χ2n) is 2.59. The van der Waals surface area contributed by atoms with Gasteiger partial charge in [0.1, 0.15) is 5.75 Å². The first-order valence-electron chi connectivity index (χ1n) is 4.10. The molecule has 0 atom stereocenters. The van der Waals surface area contributed by atoms with Crippen molar-refractivity contribution in [2.45, 2.75) is 0 Å². The maximum atomic E-state index is 5.85. The highest BCUT2D eigenvalue weighted by atomic mass is 35.5. The van der Waals surface area contributed by atoms with Crippen LogP contribution in [0.5, 0.6) is 5.75 Å². The Hall–Kier alpha value is -0.860. The normalized spacial score (nSPS) is 10.5. The van der Waals surface area contributed by atoms with E-state index < -0.39 is 0 Å². The molecule has 2 nitrogen and oxygen atoms in total. The first kappa shape index (κ1) is 11.2. The highest BCUT2D eigenvalue weighted by molar-refractivity contribution is 6.30. The van der Waals surface area contributed by atoms with E-state index in [1.54, 1.807) is 19.3 Å². The summed E-state index contributed by atoms with van der Waals surface area (Å²) in [5.74, 6) is 0.761. The molecule has 0 heterocycles. The number of methoxy groups -OCH3 is 1. The third-order valence-electron chi connectivity index (χ3n) is 1.66. The summed E-state index contributed by atoms with van der Waals surface area (Å²) in [6.45, 7) is 0.639. The summed E-state index contributed by atoms with van der Waals surface area (Å²) in [6, 6.07) is 5.40. The van der Waals surface area contributed by atoms with E-state index in [1.165, 1.54) is 5.54 Å². The van der Waals surface area contributed by atoms with Gasteiger partial charge < -0.3 is 10.1 Å². The average Bonchev–Trinajstić information content (AvgIpc) is 2.19. The molecule has 0 amide bonds. The third-order valence-corrected chi connectivity index (χ3v) is 2.07. The van der Waals surface area contributed by atoms with Crippen LogP contribution in [-0.2, 0) is 0 Å². The van der Waals surface area contributed by atoms with Crippen molar-refractivity contribution in [3.05, 3.63) is 34.8 Å². The third kappa shape index (κ3) is 3.13. The zero-order valence-electron chi connectivity index (χ0n) is 7.76. The largest absolute Gasteiger partial charge is 0.495 e. The highest BCUT2D eigenvalue weighted by Gasteiger charge is 2.01. The Morgan fingerprint density at radius 2 is 2.29 bits per heavy atom. The molecule has 0 fully saturated rings. The summed E-state index contributed by atoms with van der Waals surface area (Å²) in [4.78, 5) is 0. The van der Waals surface area contributed by atoms with Gasteiger partial charge in [-0.15, -0.1) is 0 Å². The molecule has 0 bridgehead atoms. The van der Waals surface area contributed by atoms with Gasteiger partial charge in [0, 0.05) is 17.1 Å². The van der Waals surface area contributed by atoms with Crippen LogP contribution in [0.1, 0.15) is 0 Å². The molecule has 1 N–H and O–H groups in total. The summed E-state index contributed by atoms with van der Waals surface area (Å²) in [5.41, 5.74) is 2.32. The van der Waals surface area contributed by atoms with Crippen LogP contribution in [0.2, 0.25) is 5.02 Å². The van der Waals surface area contributed by atoms with Crippen molar-refractivity contribution in [1.82, 2.24) is 0 Å². The number of ether oxygens (including phenoxy) is 1. The number of benzene rings is 1. The van der Waals surface area contributed by atoms with Crippen LogP contribution in [0.25, 0.3) is 0 Å². The van der Waals surface area contributed by atoms with Crippen molar-refractivity contribution in [2.75, 3.05) is 19.0 Å². The van der Waals surface area contributed by atoms with Gasteiger partial charge >= 0.3 is 0 Å². The molecular weight excluding hydrogens is 221 g/mol. The molecule has 0 spiro atoms. The topological polar surface area (TPSA) is 21.3 Å². The molecule has 1 aromatic carbocycles. The molecule has 0 unspecified atom stereocenters. The highest BCUT2D eigenvalue weighted by Crippen LogP contribution is 2.27. The van der Waals surface area contributed by atoms with Gasteiger partial charge in [-0.3, -0.25) is 0 Å². The Morgan fingerprint density at radius 1 is 1.50 bits per heavy atom. The SMILES string of the molecule is COc1ccc(Cl)cc1NC/C=C/Cl. The summed E-state index contributed by atoms with van der Waals surface area (Å²) < 4.78 is 5.15. The van der Waals surface area contributed by atoms with Crippen LogP contribution in [0, 0.1) is 0 Å². The molecule has 0 aromatic heterocycles. The quantitative estimate of drug-likeness (QED) is 0.857. The Labute approximate surface area is 93.5 Å². The molecule has 1 rings (SSSR count). The molecule has 0 aliphatic heterocycles. The molecular formula is C10H11Cl2NO. The average molecular weight is 232 g/mol. The van der Waals surface area contributed by atoms with Crippen LogP contribution < -0.4 is 10.1 Å². The summed E-state index contributed by atoms with van der Waals surface area (Å²) >= 11 is 11.2. The second kappa shape index (κ2) is 5.78. The van der Waals surface area contributed by atoms with E-state index in [2.05, 4.69) is 5.32 Å². The van der Waals surface area contributed by atoms with E-state index >= 15 is 0 Å². The van der Waals surface area contributed by atoms with Gasteiger partial charge in [0.15, 0.2) is 0 Å². The fraction of sp³-hybridized carbons (Fsp3) is 0.200. The lowest BCUT2D eigenvalue weighted by Crippen LogP contribution is -2.00. The van der Waals surface area contributed by atoms with Gasteiger partial charge in [-0.05, 0) is 18.2 Å². The minimum atomic E-state index is 0.639. The minimum Gasteiger partial charge on any atom is -0.495 e. The molecule has 0 aliphatic carbocycles. The van der Waals surface area contributed by atoms with Crippen LogP contribution >= 0.6 is 23.2 Å². The van der Waals surface area contributed by atoms with E-state index in [9.17, 15) is 0 Å². The van der Waals surface area contributed by atoms with Crippen LogP contribution in [0.15, 0.2) is 29.8 Å². The van der Waals surface area contributed by atoms with Gasteiger partial charge in [-0.25, -0.2) is 0 Å². The van der Waals surface area contributed by atoms with Crippen molar-refractivity contribution in [3.63, 3.8) is 0 Å². The predicted molar refractivity (Wildman–Crippen MR) is 61.5 cm³/mol. The Morgan fingerprint density at radius 3 is 2.93 bits per heavy atom. The fourth-order valence-electron chi connectivity index (χ4n) is 1.03. The van der Waals surface area contributed by atoms with Gasteiger partial charge in [0.25, 0.3) is 0 Å². The van der Waals surface area contributed by atoms with Gasteiger partial charge in [0.05, 0.1) is 12.8 Å². The van der Waals surface area contributed by atoms with Crippen LogP contribution in [0.3, 0.4) is 0 Å². The number of anilines is 1. The van der Waals surface area contributed by atoms with Crippen molar-refractivity contribution < 1.29 is 4.74 Å². The van der Waals surface area contributed by atoms with E-state index in [1.807, 2.05) is 12.1 Å². The first-order chi connectivity index (χ1) is 6.77. The molecule has 4 heteroatoms. The molecule has 0 aliphatic rings. The van der Waals surface area contributed by atoms with Crippen LogP contribution in [-0.4, -0.2) is 13.7 Å². The Kier molecular flexibility index (Phi) is 4.63. The molecule has 0 radical (unpaired) electrons. The number of nitrogens with one attached hydrogen (secondary N) is 1. The summed E-state index contributed by atoms with van der Waals surface area (Å²) in [5, 5.41) is 3.79. The number of hydrogen-bond acceptors (Lipinski definition) is 2. The Bertz CT molecular complexity index is 326. The van der Waals surface area contributed by atoms with E-state index in [0.29, 0.717) is 11.6 Å². The van der Waals surface area contributed by atoms with Gasteiger partial charge in [-0.1, -0.05) is 29.3 Å². The van der Waals surface area contributed by atoms with Gasteiger partial charge in [-0.2, -0.15) is 0 Å². The molecule has 0 saturated carbocycles. The Balaban J connectivity index is 2.76. The summed E-state index contributed by atoms with van der Waals surface area (Å²) in [6.07, 6.45) is 1.79. The number of halogens is 2. The molecule has 0 saturated heterocycles. The van der Waals surface area contributed by atoms with Crippen molar-refractivity contribution in [1.29, 1.82) is 0 Å². The number of hydrogen-bond donors (Lipinski definition) is 1. The monoisotopic (exact) mass is 231 g/mol. The lowest BCUT2D eigenvalue weighted by molar-refractivity contribution is 0.416. The summed E-state index contributed by atoms with van der Waals surface area (Å²) in [7, 11) is 1.62. The van der Waals surface area contributed by atoms with Crippen molar-refractivity contribution in [2.24, 2.45) is 0 Å². The van der Waals surface area contributed by atoms with E-state index in [4.69, 9.17) is 27.9 Å².